The maximum atomic E-state index is 12.0. The predicted molar refractivity (Wildman–Crippen MR) is 95.9 cm³/mol. The van der Waals surface area contributed by atoms with Gasteiger partial charge >= 0.3 is 0 Å². The molecule has 0 spiro atoms. The van der Waals surface area contributed by atoms with Crippen molar-refractivity contribution in [3.63, 3.8) is 0 Å². The van der Waals surface area contributed by atoms with Crippen LogP contribution in [0, 0.1) is 5.92 Å². The molecule has 0 aliphatic carbocycles. The first kappa shape index (κ1) is 16.8. The van der Waals surface area contributed by atoms with Crippen LogP contribution in [0.4, 0.5) is 0 Å². The fourth-order valence-electron chi connectivity index (χ4n) is 2.90. The van der Waals surface area contributed by atoms with Gasteiger partial charge in [-0.15, -0.1) is 11.3 Å². The van der Waals surface area contributed by atoms with E-state index in [0.717, 1.165) is 30.8 Å². The number of carbonyl (C=O) groups is 1. The molecule has 3 rings (SSSR count). The average Bonchev–Trinajstić information content (AvgIpc) is 3.12. The Morgan fingerprint density at radius 2 is 2.33 bits per heavy atom. The normalized spacial score (nSPS) is 16.1. The minimum atomic E-state index is 0.132. The zero-order valence-electron chi connectivity index (χ0n) is 13.9. The van der Waals surface area contributed by atoms with E-state index >= 15 is 0 Å². The molecule has 0 unspecified atom stereocenters. The second-order valence-corrected chi connectivity index (χ2v) is 7.12. The maximum absolute atomic E-state index is 12.0. The van der Waals surface area contributed by atoms with Crippen LogP contribution < -0.4 is 14.8 Å². The lowest BCUT2D eigenvalue weighted by molar-refractivity contribution is -0.121. The van der Waals surface area contributed by atoms with Gasteiger partial charge in [0.25, 0.3) is 0 Å². The van der Waals surface area contributed by atoms with Crippen molar-refractivity contribution in [3.8, 4) is 11.5 Å². The number of ether oxygens (including phenoxy) is 2. The fourth-order valence-corrected chi connectivity index (χ4v) is 3.65. The summed E-state index contributed by atoms with van der Waals surface area (Å²) in [7, 11) is 1.65. The number of nitrogens with one attached hydrogen (secondary N) is 1. The van der Waals surface area contributed by atoms with Crippen LogP contribution >= 0.6 is 11.3 Å². The van der Waals surface area contributed by atoms with E-state index in [1.54, 1.807) is 18.4 Å². The second kappa shape index (κ2) is 8.20. The van der Waals surface area contributed by atoms with E-state index in [9.17, 15) is 4.79 Å². The van der Waals surface area contributed by atoms with E-state index in [4.69, 9.17) is 9.47 Å². The molecule has 1 aliphatic heterocycles. The van der Waals surface area contributed by atoms with Crippen molar-refractivity contribution >= 4 is 17.2 Å². The summed E-state index contributed by atoms with van der Waals surface area (Å²) < 4.78 is 11.0. The summed E-state index contributed by atoms with van der Waals surface area (Å²) in [5.41, 5.74) is 1.18. The predicted octanol–water partition coefficient (Wildman–Crippen LogP) is 3.45. The molecule has 0 fully saturated rings. The van der Waals surface area contributed by atoms with Crippen LogP contribution in [0.3, 0.4) is 0 Å². The Morgan fingerprint density at radius 1 is 1.42 bits per heavy atom. The van der Waals surface area contributed by atoms with Crippen molar-refractivity contribution in [3.05, 3.63) is 46.2 Å². The number of benzene rings is 1. The molecule has 1 aromatic heterocycles. The molecular formula is C19H23NO3S. The highest BCUT2D eigenvalue weighted by molar-refractivity contribution is 7.09. The third kappa shape index (κ3) is 4.51. The lowest BCUT2D eigenvalue weighted by Crippen LogP contribution is -2.34. The highest BCUT2D eigenvalue weighted by atomic mass is 32.1. The first-order valence-electron chi connectivity index (χ1n) is 8.33. The summed E-state index contributed by atoms with van der Waals surface area (Å²) >= 11 is 1.75. The van der Waals surface area contributed by atoms with Gasteiger partial charge in [0, 0.05) is 29.8 Å². The van der Waals surface area contributed by atoms with Gasteiger partial charge in [-0.05, 0) is 42.3 Å². The van der Waals surface area contributed by atoms with E-state index in [-0.39, 0.29) is 5.91 Å². The van der Waals surface area contributed by atoms with E-state index in [2.05, 4.69) is 22.8 Å². The fraction of sp³-hybridized carbons (Fsp3) is 0.421. The molecule has 1 N–H and O–H groups in total. The van der Waals surface area contributed by atoms with Crippen molar-refractivity contribution in [1.82, 2.24) is 5.32 Å². The van der Waals surface area contributed by atoms with Gasteiger partial charge in [0.05, 0.1) is 13.7 Å². The summed E-state index contributed by atoms with van der Waals surface area (Å²) in [4.78, 5) is 13.3. The van der Waals surface area contributed by atoms with Crippen LogP contribution in [0.15, 0.2) is 35.7 Å². The topological polar surface area (TPSA) is 47.6 Å². The third-order valence-electron chi connectivity index (χ3n) is 4.25. The molecule has 24 heavy (non-hydrogen) atoms. The maximum Gasteiger partial charge on any atom is 0.220 e. The lowest BCUT2D eigenvalue weighted by Gasteiger charge is -2.25. The highest BCUT2D eigenvalue weighted by Gasteiger charge is 2.20. The number of hydrogen-bond donors (Lipinski definition) is 1. The summed E-state index contributed by atoms with van der Waals surface area (Å²) in [5.74, 6) is 2.17. The molecule has 1 amide bonds. The average molecular weight is 345 g/mol. The van der Waals surface area contributed by atoms with Crippen LogP contribution in [0.1, 0.15) is 23.3 Å². The molecule has 5 heteroatoms. The van der Waals surface area contributed by atoms with Crippen LogP contribution in [-0.4, -0.2) is 26.2 Å². The summed E-state index contributed by atoms with van der Waals surface area (Å²) in [6.07, 6.45) is 3.39. The quantitative estimate of drug-likeness (QED) is 0.836. The zero-order chi connectivity index (χ0) is 16.8. The first-order valence-corrected chi connectivity index (χ1v) is 9.21. The van der Waals surface area contributed by atoms with Gasteiger partial charge in [0.1, 0.15) is 11.5 Å². The Balaban J connectivity index is 1.39. The van der Waals surface area contributed by atoms with Crippen molar-refractivity contribution in [2.24, 2.45) is 5.92 Å². The van der Waals surface area contributed by atoms with Gasteiger partial charge in [-0.25, -0.2) is 0 Å². The number of carbonyl (C=O) groups excluding carboxylic acids is 1. The van der Waals surface area contributed by atoms with Crippen molar-refractivity contribution in [2.75, 3.05) is 20.3 Å². The number of fused-ring (bicyclic) bond motifs is 1. The summed E-state index contributed by atoms with van der Waals surface area (Å²) in [6.45, 7) is 1.30. The number of amides is 1. The number of thiophene rings is 1. The van der Waals surface area contributed by atoms with E-state index in [1.807, 2.05) is 18.2 Å². The molecule has 0 radical (unpaired) electrons. The van der Waals surface area contributed by atoms with Gasteiger partial charge in [-0.3, -0.25) is 4.79 Å². The number of rotatable bonds is 7. The van der Waals surface area contributed by atoms with Crippen molar-refractivity contribution in [1.29, 1.82) is 0 Å². The second-order valence-electron chi connectivity index (χ2n) is 6.09. The van der Waals surface area contributed by atoms with E-state index < -0.39 is 0 Å². The smallest absolute Gasteiger partial charge is 0.220 e. The molecule has 1 atom stereocenters. The minimum absolute atomic E-state index is 0.132. The van der Waals surface area contributed by atoms with Gasteiger partial charge in [-0.2, -0.15) is 0 Å². The number of methoxy groups -OCH3 is 1. The van der Waals surface area contributed by atoms with E-state index in [1.165, 1.54) is 10.4 Å². The molecule has 2 aromatic rings. The molecule has 1 aromatic carbocycles. The Bertz CT molecular complexity index is 669. The van der Waals surface area contributed by atoms with Crippen LogP contribution in [-0.2, 0) is 17.6 Å². The minimum Gasteiger partial charge on any atom is -0.497 e. The summed E-state index contributed by atoms with van der Waals surface area (Å²) in [6, 6.07) is 10.1. The molecule has 0 saturated heterocycles. The van der Waals surface area contributed by atoms with Crippen LogP contribution in [0.5, 0.6) is 11.5 Å². The molecule has 0 bridgehead atoms. The standard InChI is InChI=1S/C19H23NO3S/c1-22-16-8-7-15-10-14(13-23-18(15)11-16)12-20-19(21)6-2-4-17-5-3-9-24-17/h3,5,7-9,11,14H,2,4,6,10,12-13H2,1H3,(H,20,21)/t14-/m0/s1. The van der Waals surface area contributed by atoms with E-state index in [0.29, 0.717) is 25.5 Å². The SMILES string of the molecule is COc1ccc2c(c1)OC[C@H](CNC(=O)CCCc1cccs1)C2. The summed E-state index contributed by atoms with van der Waals surface area (Å²) in [5, 5.41) is 5.12. The third-order valence-corrected chi connectivity index (χ3v) is 5.19. The number of aryl methyl sites for hydroxylation is 1. The van der Waals surface area contributed by atoms with Crippen molar-refractivity contribution < 1.29 is 14.3 Å². The monoisotopic (exact) mass is 345 g/mol. The van der Waals surface area contributed by atoms with Gasteiger partial charge < -0.3 is 14.8 Å². The van der Waals surface area contributed by atoms with Crippen molar-refractivity contribution in [2.45, 2.75) is 25.7 Å². The van der Waals surface area contributed by atoms with Gasteiger partial charge in [0.2, 0.25) is 5.91 Å². The largest absolute Gasteiger partial charge is 0.497 e. The molecule has 2 heterocycles. The highest BCUT2D eigenvalue weighted by Crippen LogP contribution is 2.30. The zero-order valence-corrected chi connectivity index (χ0v) is 14.7. The lowest BCUT2D eigenvalue weighted by atomic mass is 9.96. The van der Waals surface area contributed by atoms with Crippen LogP contribution in [0.2, 0.25) is 0 Å². The Labute approximate surface area is 146 Å². The molecule has 1 aliphatic rings. The molecular weight excluding hydrogens is 322 g/mol. The Morgan fingerprint density at radius 3 is 3.12 bits per heavy atom. The van der Waals surface area contributed by atoms with Gasteiger partial charge in [-0.1, -0.05) is 12.1 Å². The van der Waals surface area contributed by atoms with Crippen LogP contribution in [0.25, 0.3) is 0 Å². The van der Waals surface area contributed by atoms with Gasteiger partial charge in [0.15, 0.2) is 0 Å². The molecule has 0 saturated carbocycles. The first-order chi connectivity index (χ1) is 11.7. The Kier molecular flexibility index (Phi) is 5.75. The molecule has 128 valence electrons. The molecule has 4 nitrogen and oxygen atoms in total. The number of hydrogen-bond acceptors (Lipinski definition) is 4. The Hall–Kier alpha value is -2.01.